The van der Waals surface area contributed by atoms with E-state index in [1.807, 2.05) is 0 Å². The summed E-state index contributed by atoms with van der Waals surface area (Å²) in [6.07, 6.45) is 3.89. The highest BCUT2D eigenvalue weighted by Crippen LogP contribution is 2.18. The van der Waals surface area contributed by atoms with E-state index in [9.17, 15) is 4.79 Å². The molecule has 0 aromatic rings. The predicted octanol–water partition coefficient (Wildman–Crippen LogP) is 2.30. The van der Waals surface area contributed by atoms with E-state index >= 15 is 0 Å². The van der Waals surface area contributed by atoms with E-state index in [-0.39, 0.29) is 11.3 Å². The van der Waals surface area contributed by atoms with Crippen LogP contribution in [0.5, 0.6) is 0 Å². The van der Waals surface area contributed by atoms with Crippen LogP contribution in [0, 0.1) is 11.3 Å². The first-order chi connectivity index (χ1) is 7.39. The van der Waals surface area contributed by atoms with Gasteiger partial charge in [-0.25, -0.2) is 0 Å². The Balaban J connectivity index is 3.86. The molecular formula is C13H28N2O. The Labute approximate surface area is 100 Å². The minimum atomic E-state index is 0.0677. The molecule has 0 aromatic carbocycles. The molecule has 0 heterocycles. The summed E-state index contributed by atoms with van der Waals surface area (Å²) in [5.41, 5.74) is 5.62. The van der Waals surface area contributed by atoms with Crippen molar-refractivity contribution in [2.45, 2.75) is 53.4 Å². The van der Waals surface area contributed by atoms with Gasteiger partial charge in [0.25, 0.3) is 0 Å². The molecule has 16 heavy (non-hydrogen) atoms. The highest BCUT2D eigenvalue weighted by molar-refractivity contribution is 5.76. The number of amides is 1. The molecule has 0 saturated carbocycles. The predicted molar refractivity (Wildman–Crippen MR) is 69.2 cm³/mol. The summed E-state index contributed by atoms with van der Waals surface area (Å²) in [6, 6.07) is 0. The minimum absolute atomic E-state index is 0.0677. The van der Waals surface area contributed by atoms with Crippen LogP contribution in [0.4, 0.5) is 0 Å². The normalized spacial score (nSPS) is 13.6. The van der Waals surface area contributed by atoms with Gasteiger partial charge in [-0.1, -0.05) is 34.1 Å². The molecule has 0 aromatic heterocycles. The van der Waals surface area contributed by atoms with Gasteiger partial charge in [-0.05, 0) is 30.7 Å². The van der Waals surface area contributed by atoms with Gasteiger partial charge in [0, 0.05) is 13.0 Å². The second-order valence-corrected chi connectivity index (χ2v) is 5.77. The van der Waals surface area contributed by atoms with Crippen molar-refractivity contribution in [2.75, 3.05) is 13.1 Å². The summed E-state index contributed by atoms with van der Waals surface area (Å²) in [4.78, 5) is 11.6. The van der Waals surface area contributed by atoms with Crippen LogP contribution in [-0.2, 0) is 4.79 Å². The van der Waals surface area contributed by atoms with Crippen LogP contribution in [-0.4, -0.2) is 19.0 Å². The smallest absolute Gasteiger partial charge is 0.220 e. The van der Waals surface area contributed by atoms with Crippen molar-refractivity contribution in [3.63, 3.8) is 0 Å². The van der Waals surface area contributed by atoms with Gasteiger partial charge in [0.15, 0.2) is 0 Å². The molecule has 3 nitrogen and oxygen atoms in total. The first-order valence-corrected chi connectivity index (χ1v) is 6.35. The lowest BCUT2D eigenvalue weighted by Gasteiger charge is -2.20. The van der Waals surface area contributed by atoms with Gasteiger partial charge < -0.3 is 11.1 Å². The number of nitrogens with two attached hydrogens (primary N) is 1. The maximum absolute atomic E-state index is 11.6. The molecule has 0 bridgehead atoms. The van der Waals surface area contributed by atoms with Gasteiger partial charge in [-0.3, -0.25) is 4.79 Å². The van der Waals surface area contributed by atoms with Gasteiger partial charge in [0.05, 0.1) is 0 Å². The lowest BCUT2D eigenvalue weighted by Crippen LogP contribution is -2.32. The molecule has 3 heteroatoms. The van der Waals surface area contributed by atoms with Crippen LogP contribution in [0.15, 0.2) is 0 Å². The summed E-state index contributed by atoms with van der Waals surface area (Å²) in [5, 5.41) is 3.01. The Hall–Kier alpha value is -0.570. The number of carbonyl (C=O) groups is 1. The van der Waals surface area contributed by atoms with E-state index < -0.39 is 0 Å². The van der Waals surface area contributed by atoms with Crippen LogP contribution >= 0.6 is 0 Å². The van der Waals surface area contributed by atoms with Crippen molar-refractivity contribution >= 4 is 5.91 Å². The zero-order chi connectivity index (χ0) is 12.6. The fourth-order valence-electron chi connectivity index (χ4n) is 1.79. The van der Waals surface area contributed by atoms with Crippen molar-refractivity contribution in [3.8, 4) is 0 Å². The SMILES string of the molecule is CCCC(CCN)CNC(=O)CC(C)(C)C. The van der Waals surface area contributed by atoms with E-state index in [2.05, 4.69) is 33.0 Å². The molecule has 0 rings (SSSR count). The lowest BCUT2D eigenvalue weighted by molar-refractivity contribution is -0.123. The Morgan fingerprint density at radius 1 is 1.31 bits per heavy atom. The Bertz CT molecular complexity index is 191. The summed E-state index contributed by atoms with van der Waals surface area (Å²) >= 11 is 0. The zero-order valence-electron chi connectivity index (χ0n) is 11.3. The quantitative estimate of drug-likeness (QED) is 0.702. The summed E-state index contributed by atoms with van der Waals surface area (Å²) < 4.78 is 0. The second kappa shape index (κ2) is 7.66. The van der Waals surface area contributed by atoms with Gasteiger partial charge in [-0.15, -0.1) is 0 Å². The Morgan fingerprint density at radius 2 is 1.94 bits per heavy atom. The third kappa shape index (κ3) is 8.72. The first kappa shape index (κ1) is 15.4. The average molecular weight is 228 g/mol. The van der Waals surface area contributed by atoms with Crippen molar-refractivity contribution in [3.05, 3.63) is 0 Å². The minimum Gasteiger partial charge on any atom is -0.356 e. The van der Waals surface area contributed by atoms with Crippen molar-refractivity contribution in [1.29, 1.82) is 0 Å². The van der Waals surface area contributed by atoms with E-state index in [1.54, 1.807) is 0 Å². The molecule has 0 saturated heterocycles. The summed E-state index contributed by atoms with van der Waals surface area (Å²) in [7, 11) is 0. The topological polar surface area (TPSA) is 55.1 Å². The first-order valence-electron chi connectivity index (χ1n) is 6.35. The Morgan fingerprint density at radius 3 is 2.38 bits per heavy atom. The molecular weight excluding hydrogens is 200 g/mol. The maximum atomic E-state index is 11.6. The number of rotatable bonds is 7. The molecule has 1 amide bonds. The largest absolute Gasteiger partial charge is 0.356 e. The monoisotopic (exact) mass is 228 g/mol. The average Bonchev–Trinajstić information content (AvgIpc) is 2.12. The number of carbonyl (C=O) groups excluding carboxylic acids is 1. The fourth-order valence-corrected chi connectivity index (χ4v) is 1.79. The molecule has 1 atom stereocenters. The lowest BCUT2D eigenvalue weighted by atomic mass is 9.91. The van der Waals surface area contributed by atoms with Crippen molar-refractivity contribution in [2.24, 2.45) is 17.1 Å². The maximum Gasteiger partial charge on any atom is 0.220 e. The van der Waals surface area contributed by atoms with Gasteiger partial charge in [0.1, 0.15) is 0 Å². The van der Waals surface area contributed by atoms with E-state index in [0.29, 0.717) is 18.9 Å². The molecule has 0 aliphatic rings. The fraction of sp³-hybridized carbons (Fsp3) is 0.923. The zero-order valence-corrected chi connectivity index (χ0v) is 11.3. The molecule has 1 unspecified atom stereocenters. The third-order valence-electron chi connectivity index (χ3n) is 2.55. The molecule has 0 aliphatic carbocycles. The van der Waals surface area contributed by atoms with Crippen LogP contribution in [0.3, 0.4) is 0 Å². The van der Waals surface area contributed by atoms with Crippen LogP contribution in [0.2, 0.25) is 0 Å². The van der Waals surface area contributed by atoms with Crippen LogP contribution in [0.1, 0.15) is 53.4 Å². The number of hydrogen-bond donors (Lipinski definition) is 2. The molecule has 0 spiro atoms. The van der Waals surface area contributed by atoms with Crippen LogP contribution in [0.25, 0.3) is 0 Å². The third-order valence-corrected chi connectivity index (χ3v) is 2.55. The molecule has 96 valence electrons. The molecule has 0 aliphatic heterocycles. The van der Waals surface area contributed by atoms with Gasteiger partial charge >= 0.3 is 0 Å². The molecule has 3 N–H and O–H groups in total. The number of nitrogens with one attached hydrogen (secondary N) is 1. The van der Waals surface area contributed by atoms with E-state index in [0.717, 1.165) is 25.8 Å². The highest BCUT2D eigenvalue weighted by atomic mass is 16.1. The Kier molecular flexibility index (Phi) is 7.39. The van der Waals surface area contributed by atoms with Crippen LogP contribution < -0.4 is 11.1 Å². The summed E-state index contributed by atoms with van der Waals surface area (Å²) in [6.45, 7) is 9.89. The van der Waals surface area contributed by atoms with Crippen molar-refractivity contribution in [1.82, 2.24) is 5.32 Å². The summed E-state index contributed by atoms with van der Waals surface area (Å²) in [5.74, 6) is 0.699. The van der Waals surface area contributed by atoms with Gasteiger partial charge in [0.2, 0.25) is 5.91 Å². The van der Waals surface area contributed by atoms with Gasteiger partial charge in [-0.2, -0.15) is 0 Å². The van der Waals surface area contributed by atoms with Crippen molar-refractivity contribution < 1.29 is 4.79 Å². The molecule has 0 fully saturated rings. The molecule has 0 radical (unpaired) electrons. The second-order valence-electron chi connectivity index (χ2n) is 5.77. The van der Waals surface area contributed by atoms with E-state index in [4.69, 9.17) is 5.73 Å². The van der Waals surface area contributed by atoms with E-state index in [1.165, 1.54) is 0 Å². The number of hydrogen-bond acceptors (Lipinski definition) is 2. The standard InChI is InChI=1S/C13H28N2O/c1-5-6-11(7-8-14)10-15-12(16)9-13(2,3)4/h11H,5-10,14H2,1-4H3,(H,15,16). The highest BCUT2D eigenvalue weighted by Gasteiger charge is 2.16.